The fraction of sp³-hybridized carbons (Fsp3) is 0.333. The highest BCUT2D eigenvalue weighted by Crippen LogP contribution is 2.43. The van der Waals surface area contributed by atoms with Crippen LogP contribution in [-0.2, 0) is 13.0 Å². The number of carbonyl (C=O) groups is 1. The molecule has 0 saturated carbocycles. The standard InChI is InChI=1S/C15H17N3O3/c1-15(2)7-9-3-4-10(12(19)13(9)21-15)14(20)18-8-11-16-5-6-17-11/h3-6,19H,7-8H2,1-2H3,(H,16,17)(H,18,20). The van der Waals surface area contributed by atoms with Crippen molar-refractivity contribution in [3.63, 3.8) is 0 Å². The lowest BCUT2D eigenvalue weighted by atomic mass is 10.0. The number of nitrogens with zero attached hydrogens (tertiary/aromatic N) is 1. The third-order valence-electron chi connectivity index (χ3n) is 3.42. The van der Waals surface area contributed by atoms with E-state index in [1.807, 2.05) is 19.9 Å². The van der Waals surface area contributed by atoms with E-state index in [0.29, 0.717) is 18.0 Å². The van der Waals surface area contributed by atoms with Gasteiger partial charge in [0, 0.05) is 24.4 Å². The van der Waals surface area contributed by atoms with Gasteiger partial charge in [0.2, 0.25) is 0 Å². The SMILES string of the molecule is CC1(C)Cc2ccc(C(=O)NCc3ncc[nH]3)c(O)c2O1. The van der Waals surface area contributed by atoms with Crippen molar-refractivity contribution in [3.05, 3.63) is 41.5 Å². The third kappa shape index (κ3) is 2.56. The van der Waals surface area contributed by atoms with Crippen LogP contribution in [0.15, 0.2) is 24.5 Å². The lowest BCUT2D eigenvalue weighted by molar-refractivity contribution is 0.0943. The van der Waals surface area contributed by atoms with Crippen LogP contribution in [0.1, 0.15) is 35.6 Å². The van der Waals surface area contributed by atoms with Crippen LogP contribution in [0.25, 0.3) is 0 Å². The normalized spacial score (nSPS) is 15.3. The number of phenolic OH excluding ortho intramolecular Hbond substituents is 1. The number of H-pyrrole nitrogens is 1. The Morgan fingerprint density at radius 1 is 1.52 bits per heavy atom. The molecule has 6 nitrogen and oxygen atoms in total. The quantitative estimate of drug-likeness (QED) is 0.802. The van der Waals surface area contributed by atoms with E-state index in [2.05, 4.69) is 15.3 Å². The minimum absolute atomic E-state index is 0.102. The summed E-state index contributed by atoms with van der Waals surface area (Å²) in [6.07, 6.45) is 4.01. The Balaban J connectivity index is 1.79. The van der Waals surface area contributed by atoms with Gasteiger partial charge in [0.1, 0.15) is 11.4 Å². The molecule has 0 fully saturated rings. The molecule has 0 saturated heterocycles. The highest BCUT2D eigenvalue weighted by molar-refractivity contribution is 5.97. The number of carbonyl (C=O) groups excluding carboxylic acids is 1. The highest BCUT2D eigenvalue weighted by atomic mass is 16.5. The molecular formula is C15H17N3O3. The Morgan fingerprint density at radius 2 is 2.33 bits per heavy atom. The van der Waals surface area contributed by atoms with Gasteiger partial charge in [0.05, 0.1) is 12.1 Å². The Morgan fingerprint density at radius 3 is 3.05 bits per heavy atom. The lowest BCUT2D eigenvalue weighted by Crippen LogP contribution is -2.25. The molecule has 1 aliphatic heterocycles. The van der Waals surface area contributed by atoms with Crippen molar-refractivity contribution >= 4 is 5.91 Å². The molecule has 1 aliphatic rings. The maximum absolute atomic E-state index is 12.2. The van der Waals surface area contributed by atoms with Gasteiger partial charge in [-0.3, -0.25) is 4.79 Å². The first kappa shape index (κ1) is 13.5. The van der Waals surface area contributed by atoms with Crippen molar-refractivity contribution < 1.29 is 14.6 Å². The molecule has 2 aromatic rings. The van der Waals surface area contributed by atoms with Gasteiger partial charge in [-0.15, -0.1) is 0 Å². The number of hydrogen-bond donors (Lipinski definition) is 3. The van der Waals surface area contributed by atoms with Gasteiger partial charge >= 0.3 is 0 Å². The summed E-state index contributed by atoms with van der Waals surface area (Å²) >= 11 is 0. The molecule has 21 heavy (non-hydrogen) atoms. The van der Waals surface area contributed by atoms with Crippen LogP contribution in [0.2, 0.25) is 0 Å². The van der Waals surface area contributed by atoms with Gasteiger partial charge in [-0.1, -0.05) is 6.07 Å². The Bertz CT molecular complexity index is 678. The number of nitrogens with one attached hydrogen (secondary N) is 2. The number of imidazole rings is 1. The number of benzene rings is 1. The van der Waals surface area contributed by atoms with Crippen molar-refractivity contribution in [3.8, 4) is 11.5 Å². The lowest BCUT2D eigenvalue weighted by Gasteiger charge is -2.17. The molecule has 110 valence electrons. The summed E-state index contributed by atoms with van der Waals surface area (Å²) in [5.41, 5.74) is 0.765. The van der Waals surface area contributed by atoms with E-state index in [1.165, 1.54) is 0 Å². The average molecular weight is 287 g/mol. The molecule has 0 bridgehead atoms. The Kier molecular flexibility index (Phi) is 3.08. The monoisotopic (exact) mass is 287 g/mol. The van der Waals surface area contributed by atoms with Crippen LogP contribution in [0, 0.1) is 0 Å². The zero-order chi connectivity index (χ0) is 15.0. The minimum atomic E-state index is -0.361. The van der Waals surface area contributed by atoms with Crippen molar-refractivity contribution in [2.24, 2.45) is 0 Å². The third-order valence-corrected chi connectivity index (χ3v) is 3.42. The molecule has 1 amide bonds. The molecule has 0 spiro atoms. The van der Waals surface area contributed by atoms with E-state index >= 15 is 0 Å². The van der Waals surface area contributed by atoms with Gasteiger partial charge in [-0.25, -0.2) is 4.98 Å². The van der Waals surface area contributed by atoms with Crippen LogP contribution in [-0.4, -0.2) is 26.6 Å². The average Bonchev–Trinajstić information content (AvgIpc) is 3.03. The second-order valence-corrected chi connectivity index (χ2v) is 5.71. The van der Waals surface area contributed by atoms with Gasteiger partial charge < -0.3 is 20.1 Å². The van der Waals surface area contributed by atoms with E-state index in [-0.39, 0.29) is 29.4 Å². The van der Waals surface area contributed by atoms with Crippen molar-refractivity contribution in [2.45, 2.75) is 32.4 Å². The smallest absolute Gasteiger partial charge is 0.255 e. The minimum Gasteiger partial charge on any atom is -0.504 e. The largest absolute Gasteiger partial charge is 0.504 e. The molecule has 0 radical (unpaired) electrons. The highest BCUT2D eigenvalue weighted by Gasteiger charge is 2.33. The number of aromatic amines is 1. The van der Waals surface area contributed by atoms with Gasteiger partial charge in [0.15, 0.2) is 11.5 Å². The maximum Gasteiger partial charge on any atom is 0.255 e. The fourth-order valence-corrected chi connectivity index (χ4v) is 2.47. The molecule has 3 N–H and O–H groups in total. The van der Waals surface area contributed by atoms with E-state index in [9.17, 15) is 9.90 Å². The first-order valence-corrected chi connectivity index (χ1v) is 6.76. The summed E-state index contributed by atoms with van der Waals surface area (Å²) in [4.78, 5) is 19.1. The Labute approximate surface area is 122 Å². The van der Waals surface area contributed by atoms with Gasteiger partial charge in [-0.2, -0.15) is 0 Å². The molecule has 2 heterocycles. The fourth-order valence-electron chi connectivity index (χ4n) is 2.47. The summed E-state index contributed by atoms with van der Waals surface area (Å²) in [5.74, 6) is 0.599. The number of aromatic nitrogens is 2. The number of phenols is 1. The van der Waals surface area contributed by atoms with Crippen molar-refractivity contribution in [1.29, 1.82) is 0 Å². The Hall–Kier alpha value is -2.50. The second-order valence-electron chi connectivity index (χ2n) is 5.71. The van der Waals surface area contributed by atoms with E-state index in [1.54, 1.807) is 18.5 Å². The number of hydrogen-bond acceptors (Lipinski definition) is 4. The molecule has 0 atom stereocenters. The number of ether oxygens (including phenoxy) is 1. The summed E-state index contributed by atoms with van der Waals surface area (Å²) in [7, 11) is 0. The van der Waals surface area contributed by atoms with Crippen LogP contribution in [0.5, 0.6) is 11.5 Å². The predicted molar refractivity (Wildman–Crippen MR) is 76.3 cm³/mol. The molecule has 0 unspecified atom stereocenters. The molecule has 0 aliphatic carbocycles. The van der Waals surface area contributed by atoms with E-state index in [0.717, 1.165) is 5.56 Å². The zero-order valence-electron chi connectivity index (χ0n) is 11.9. The number of aromatic hydroxyl groups is 1. The molecule has 1 aromatic heterocycles. The maximum atomic E-state index is 12.2. The van der Waals surface area contributed by atoms with E-state index < -0.39 is 0 Å². The van der Waals surface area contributed by atoms with Crippen molar-refractivity contribution in [1.82, 2.24) is 15.3 Å². The zero-order valence-corrected chi connectivity index (χ0v) is 11.9. The van der Waals surface area contributed by atoms with Crippen LogP contribution >= 0.6 is 0 Å². The predicted octanol–water partition coefficient (Wildman–Crippen LogP) is 1.76. The number of amides is 1. The number of rotatable bonds is 3. The summed E-state index contributed by atoms with van der Waals surface area (Å²) < 4.78 is 5.72. The van der Waals surface area contributed by atoms with Crippen LogP contribution < -0.4 is 10.1 Å². The number of fused-ring (bicyclic) bond motifs is 1. The summed E-state index contributed by atoms with van der Waals surface area (Å²) in [6, 6.07) is 3.45. The summed E-state index contributed by atoms with van der Waals surface area (Å²) in [5, 5.41) is 13.0. The van der Waals surface area contributed by atoms with Crippen molar-refractivity contribution in [2.75, 3.05) is 0 Å². The second kappa shape index (κ2) is 4.80. The van der Waals surface area contributed by atoms with Crippen LogP contribution in [0.4, 0.5) is 0 Å². The van der Waals surface area contributed by atoms with E-state index in [4.69, 9.17) is 4.74 Å². The van der Waals surface area contributed by atoms with Gasteiger partial charge in [0.25, 0.3) is 5.91 Å². The first-order chi connectivity index (χ1) is 9.96. The molecule has 1 aromatic carbocycles. The first-order valence-electron chi connectivity index (χ1n) is 6.76. The molecular weight excluding hydrogens is 270 g/mol. The molecule has 6 heteroatoms. The topological polar surface area (TPSA) is 87.2 Å². The summed E-state index contributed by atoms with van der Waals surface area (Å²) in [6.45, 7) is 4.17. The molecule has 3 rings (SSSR count). The van der Waals surface area contributed by atoms with Crippen LogP contribution in [0.3, 0.4) is 0 Å². The van der Waals surface area contributed by atoms with Gasteiger partial charge in [-0.05, 0) is 19.9 Å².